The molecule has 17 heavy (non-hydrogen) atoms. The van der Waals surface area contributed by atoms with Gasteiger partial charge in [0.1, 0.15) is 0 Å². The highest BCUT2D eigenvalue weighted by Gasteiger charge is 2.17. The molecule has 1 heterocycles. The predicted octanol–water partition coefficient (Wildman–Crippen LogP) is 1.97. The molecular formula is C12H17ClN2O2. The van der Waals surface area contributed by atoms with E-state index in [1.54, 1.807) is 11.0 Å². The lowest BCUT2D eigenvalue weighted by Gasteiger charge is -2.21. The number of aliphatic hydroxyl groups excluding tert-OH is 1. The van der Waals surface area contributed by atoms with E-state index in [-0.39, 0.29) is 12.5 Å². The Kier molecular flexibility index (Phi) is 5.94. The van der Waals surface area contributed by atoms with Gasteiger partial charge in [-0.2, -0.15) is 0 Å². The molecule has 94 valence electrons. The summed E-state index contributed by atoms with van der Waals surface area (Å²) in [5.74, 6) is -0.153. The molecule has 1 aromatic heterocycles. The second kappa shape index (κ2) is 7.25. The first kappa shape index (κ1) is 13.9. The second-order valence-electron chi connectivity index (χ2n) is 3.72. The van der Waals surface area contributed by atoms with Crippen LogP contribution in [0.5, 0.6) is 0 Å². The number of pyridine rings is 1. The average Bonchev–Trinajstić information content (AvgIpc) is 2.34. The monoisotopic (exact) mass is 256 g/mol. The van der Waals surface area contributed by atoms with Crippen LogP contribution in [0.15, 0.2) is 18.5 Å². The van der Waals surface area contributed by atoms with E-state index in [1.807, 2.05) is 0 Å². The summed E-state index contributed by atoms with van der Waals surface area (Å²) in [6.07, 6.45) is 4.90. The lowest BCUT2D eigenvalue weighted by atomic mass is 10.2. The average molecular weight is 257 g/mol. The number of aromatic nitrogens is 1. The van der Waals surface area contributed by atoms with E-state index in [0.717, 1.165) is 12.8 Å². The standard InChI is InChI=1S/C12H17ClN2O2/c1-2-3-6-15(7-8-16)12(17)10-4-5-14-9-11(10)13/h4-5,9,16H,2-3,6-8H2,1H3. The van der Waals surface area contributed by atoms with E-state index >= 15 is 0 Å². The molecule has 0 bridgehead atoms. The summed E-state index contributed by atoms with van der Waals surface area (Å²) >= 11 is 5.92. The number of hydrogen-bond acceptors (Lipinski definition) is 3. The van der Waals surface area contributed by atoms with Crippen molar-refractivity contribution in [1.29, 1.82) is 0 Å². The van der Waals surface area contributed by atoms with Crippen LogP contribution in [0.2, 0.25) is 5.02 Å². The maximum Gasteiger partial charge on any atom is 0.255 e. The molecule has 5 heteroatoms. The van der Waals surface area contributed by atoms with Crippen LogP contribution in [-0.2, 0) is 0 Å². The third kappa shape index (κ3) is 3.98. The molecule has 1 N–H and O–H groups in total. The molecule has 0 aliphatic rings. The summed E-state index contributed by atoms with van der Waals surface area (Å²) < 4.78 is 0. The Bertz CT molecular complexity index is 371. The van der Waals surface area contributed by atoms with Crippen LogP contribution in [-0.4, -0.2) is 40.6 Å². The first-order valence-electron chi connectivity index (χ1n) is 5.70. The molecule has 0 saturated carbocycles. The van der Waals surface area contributed by atoms with Crippen molar-refractivity contribution >= 4 is 17.5 Å². The number of aliphatic hydroxyl groups is 1. The lowest BCUT2D eigenvalue weighted by Crippen LogP contribution is -2.34. The molecule has 1 aromatic rings. The van der Waals surface area contributed by atoms with Gasteiger partial charge in [-0.3, -0.25) is 9.78 Å². The van der Waals surface area contributed by atoms with Gasteiger partial charge in [-0.05, 0) is 12.5 Å². The zero-order valence-corrected chi connectivity index (χ0v) is 10.7. The van der Waals surface area contributed by atoms with Gasteiger partial charge in [0.2, 0.25) is 0 Å². The third-order valence-corrected chi connectivity index (χ3v) is 2.74. The number of carbonyl (C=O) groups excluding carboxylic acids is 1. The molecule has 1 rings (SSSR count). The zero-order chi connectivity index (χ0) is 12.7. The van der Waals surface area contributed by atoms with Crippen LogP contribution in [0.1, 0.15) is 30.1 Å². The largest absolute Gasteiger partial charge is 0.395 e. The summed E-state index contributed by atoms with van der Waals surface area (Å²) in [4.78, 5) is 17.6. The first-order valence-corrected chi connectivity index (χ1v) is 6.08. The fourth-order valence-electron chi connectivity index (χ4n) is 1.50. The molecular weight excluding hydrogens is 240 g/mol. The van der Waals surface area contributed by atoms with Crippen LogP contribution >= 0.6 is 11.6 Å². The molecule has 4 nitrogen and oxygen atoms in total. The van der Waals surface area contributed by atoms with Crippen molar-refractivity contribution in [2.24, 2.45) is 0 Å². The summed E-state index contributed by atoms with van der Waals surface area (Å²) in [5.41, 5.74) is 0.436. The van der Waals surface area contributed by atoms with Crippen molar-refractivity contribution in [1.82, 2.24) is 9.88 Å². The van der Waals surface area contributed by atoms with E-state index in [0.29, 0.717) is 23.7 Å². The number of hydrogen-bond donors (Lipinski definition) is 1. The summed E-state index contributed by atoms with van der Waals surface area (Å²) in [6.45, 7) is 2.98. The minimum absolute atomic E-state index is 0.0435. The Labute approximate surface area is 106 Å². The molecule has 0 aliphatic heterocycles. The van der Waals surface area contributed by atoms with Crippen molar-refractivity contribution in [3.63, 3.8) is 0 Å². The number of halogens is 1. The maximum atomic E-state index is 12.2. The molecule has 0 saturated heterocycles. The van der Waals surface area contributed by atoms with Gasteiger partial charge in [0.05, 0.1) is 17.2 Å². The van der Waals surface area contributed by atoms with E-state index in [1.165, 1.54) is 12.4 Å². The van der Waals surface area contributed by atoms with Gasteiger partial charge in [-0.1, -0.05) is 24.9 Å². The Morgan fingerprint density at radius 1 is 1.53 bits per heavy atom. The molecule has 0 fully saturated rings. The molecule has 0 unspecified atom stereocenters. The van der Waals surface area contributed by atoms with Gasteiger partial charge >= 0.3 is 0 Å². The number of rotatable bonds is 6. The van der Waals surface area contributed by atoms with Crippen LogP contribution in [0.25, 0.3) is 0 Å². The van der Waals surface area contributed by atoms with Crippen molar-refractivity contribution in [2.75, 3.05) is 19.7 Å². The minimum atomic E-state index is -0.153. The smallest absolute Gasteiger partial charge is 0.255 e. The van der Waals surface area contributed by atoms with Crippen molar-refractivity contribution < 1.29 is 9.90 Å². The fraction of sp³-hybridized carbons (Fsp3) is 0.500. The highest BCUT2D eigenvalue weighted by Crippen LogP contribution is 2.16. The van der Waals surface area contributed by atoms with Crippen LogP contribution < -0.4 is 0 Å². The Balaban J connectivity index is 2.80. The SMILES string of the molecule is CCCCN(CCO)C(=O)c1ccncc1Cl. The van der Waals surface area contributed by atoms with Crippen LogP contribution in [0.3, 0.4) is 0 Å². The van der Waals surface area contributed by atoms with E-state index in [2.05, 4.69) is 11.9 Å². The predicted molar refractivity (Wildman–Crippen MR) is 67.1 cm³/mol. The number of unbranched alkanes of at least 4 members (excludes halogenated alkanes) is 1. The van der Waals surface area contributed by atoms with E-state index in [9.17, 15) is 4.79 Å². The van der Waals surface area contributed by atoms with Gasteiger partial charge in [-0.15, -0.1) is 0 Å². The van der Waals surface area contributed by atoms with Gasteiger partial charge in [-0.25, -0.2) is 0 Å². The molecule has 1 amide bonds. The van der Waals surface area contributed by atoms with Crippen molar-refractivity contribution in [3.05, 3.63) is 29.0 Å². The minimum Gasteiger partial charge on any atom is -0.395 e. The Hall–Kier alpha value is -1.13. The second-order valence-corrected chi connectivity index (χ2v) is 4.13. The molecule has 0 aliphatic carbocycles. The summed E-state index contributed by atoms with van der Waals surface area (Å²) in [5, 5.41) is 9.31. The maximum absolute atomic E-state index is 12.2. The number of nitrogens with zero attached hydrogens (tertiary/aromatic N) is 2. The molecule has 0 aromatic carbocycles. The Morgan fingerprint density at radius 2 is 2.29 bits per heavy atom. The quantitative estimate of drug-likeness (QED) is 0.847. The van der Waals surface area contributed by atoms with Crippen LogP contribution in [0, 0.1) is 0 Å². The lowest BCUT2D eigenvalue weighted by molar-refractivity contribution is 0.0719. The first-order chi connectivity index (χ1) is 8.20. The van der Waals surface area contributed by atoms with Gasteiger partial charge in [0.15, 0.2) is 0 Å². The molecule has 0 spiro atoms. The normalized spacial score (nSPS) is 10.3. The number of carbonyl (C=O) groups is 1. The van der Waals surface area contributed by atoms with Gasteiger partial charge in [0.25, 0.3) is 5.91 Å². The van der Waals surface area contributed by atoms with Gasteiger partial charge in [0, 0.05) is 25.5 Å². The molecule has 0 radical (unpaired) electrons. The fourth-order valence-corrected chi connectivity index (χ4v) is 1.70. The van der Waals surface area contributed by atoms with Crippen LogP contribution in [0.4, 0.5) is 0 Å². The zero-order valence-electron chi connectivity index (χ0n) is 9.90. The summed E-state index contributed by atoms with van der Waals surface area (Å²) in [7, 11) is 0. The Morgan fingerprint density at radius 3 is 2.88 bits per heavy atom. The van der Waals surface area contributed by atoms with Gasteiger partial charge < -0.3 is 10.0 Å². The highest BCUT2D eigenvalue weighted by atomic mass is 35.5. The third-order valence-electron chi connectivity index (χ3n) is 2.44. The number of amides is 1. The van der Waals surface area contributed by atoms with E-state index < -0.39 is 0 Å². The molecule has 0 atom stereocenters. The van der Waals surface area contributed by atoms with Crippen molar-refractivity contribution in [2.45, 2.75) is 19.8 Å². The van der Waals surface area contributed by atoms with Crippen molar-refractivity contribution in [3.8, 4) is 0 Å². The topological polar surface area (TPSA) is 53.4 Å². The highest BCUT2D eigenvalue weighted by molar-refractivity contribution is 6.33. The van der Waals surface area contributed by atoms with E-state index in [4.69, 9.17) is 16.7 Å². The summed E-state index contributed by atoms with van der Waals surface area (Å²) in [6, 6.07) is 1.60.